The maximum atomic E-state index is 12.7. The lowest BCUT2D eigenvalue weighted by Gasteiger charge is -2.28. The van der Waals surface area contributed by atoms with Crippen LogP contribution < -0.4 is 5.32 Å². The van der Waals surface area contributed by atoms with Gasteiger partial charge < -0.3 is 9.73 Å². The zero-order valence-electron chi connectivity index (χ0n) is 11.6. The molecule has 1 aliphatic rings. The van der Waals surface area contributed by atoms with Crippen LogP contribution in [0.5, 0.6) is 0 Å². The first kappa shape index (κ1) is 13.7. The number of nitrogens with one attached hydrogen (secondary N) is 1. The van der Waals surface area contributed by atoms with E-state index in [0.717, 1.165) is 5.56 Å². The van der Waals surface area contributed by atoms with E-state index in [2.05, 4.69) is 5.32 Å². The summed E-state index contributed by atoms with van der Waals surface area (Å²) >= 11 is 0. The number of anilines is 1. The molecule has 0 amide bonds. The van der Waals surface area contributed by atoms with Crippen molar-refractivity contribution < 1.29 is 12.8 Å². The van der Waals surface area contributed by atoms with Gasteiger partial charge in [0.05, 0.1) is 12.1 Å². The highest BCUT2D eigenvalue weighted by Gasteiger charge is 2.45. The topological polar surface area (TPSA) is 83.1 Å². The van der Waals surface area contributed by atoms with Gasteiger partial charge in [-0.1, -0.05) is 30.3 Å². The van der Waals surface area contributed by atoms with E-state index in [1.165, 1.54) is 0 Å². The van der Waals surface area contributed by atoms with Crippen molar-refractivity contribution in [3.8, 4) is 6.07 Å². The quantitative estimate of drug-likeness (QED) is 0.875. The number of rotatable bonds is 1. The molecule has 0 saturated carbocycles. The smallest absolute Gasteiger partial charge is 0.212 e. The Kier molecular flexibility index (Phi) is 3.03. The predicted molar refractivity (Wildman–Crippen MR) is 77.6 cm³/mol. The van der Waals surface area contributed by atoms with Gasteiger partial charge in [0, 0.05) is 5.56 Å². The normalized spacial score (nSPS) is 22.9. The number of sulfone groups is 1. The van der Waals surface area contributed by atoms with Crippen molar-refractivity contribution in [2.45, 2.75) is 30.0 Å². The molecule has 2 heterocycles. The number of nitriles is 1. The average Bonchev–Trinajstić information content (AvgIpc) is 2.75. The summed E-state index contributed by atoms with van der Waals surface area (Å²) in [6, 6.07) is 10.3. The Balaban J connectivity index is 2.22. The highest BCUT2D eigenvalue weighted by atomic mass is 32.2. The third-order valence-electron chi connectivity index (χ3n) is 3.82. The molecule has 0 unspecified atom stereocenters. The van der Waals surface area contributed by atoms with E-state index in [1.54, 1.807) is 26.0 Å². The zero-order valence-corrected chi connectivity index (χ0v) is 12.4. The summed E-state index contributed by atoms with van der Waals surface area (Å²) in [5, 5.41) is 11.3. The molecule has 0 spiro atoms. The molecule has 3 rings (SSSR count). The zero-order chi connectivity index (χ0) is 15.2. The van der Waals surface area contributed by atoms with Gasteiger partial charge in [0.1, 0.15) is 10.7 Å². The molecule has 1 aromatic heterocycles. The van der Waals surface area contributed by atoms with Crippen LogP contribution in [0.15, 0.2) is 39.6 Å². The van der Waals surface area contributed by atoms with Crippen LogP contribution in [0.3, 0.4) is 0 Å². The first-order valence-electron chi connectivity index (χ1n) is 6.52. The molecule has 2 aromatic rings. The molecule has 6 heteroatoms. The van der Waals surface area contributed by atoms with Gasteiger partial charge in [-0.3, -0.25) is 0 Å². The summed E-state index contributed by atoms with van der Waals surface area (Å²) in [5.74, 6) is 0.770. The lowest BCUT2D eigenvalue weighted by atomic mass is 10.0. The molecule has 0 aliphatic carbocycles. The van der Waals surface area contributed by atoms with Crippen LogP contribution in [0.4, 0.5) is 5.88 Å². The minimum atomic E-state index is -3.76. The molecule has 0 bridgehead atoms. The maximum absolute atomic E-state index is 12.7. The van der Waals surface area contributed by atoms with Crippen molar-refractivity contribution in [2.24, 2.45) is 0 Å². The Labute approximate surface area is 123 Å². The van der Waals surface area contributed by atoms with Crippen LogP contribution in [0.25, 0.3) is 0 Å². The number of fused-ring (bicyclic) bond motifs is 1. The summed E-state index contributed by atoms with van der Waals surface area (Å²) in [5.41, 5.74) is 1.30. The average molecular weight is 302 g/mol. The van der Waals surface area contributed by atoms with Crippen molar-refractivity contribution >= 4 is 15.7 Å². The van der Waals surface area contributed by atoms with E-state index < -0.39 is 21.1 Å². The van der Waals surface area contributed by atoms with E-state index in [0.29, 0.717) is 11.3 Å². The monoisotopic (exact) mass is 302 g/mol. The van der Waals surface area contributed by atoms with Crippen LogP contribution in [0, 0.1) is 25.2 Å². The minimum Gasteiger partial charge on any atom is -0.444 e. The largest absolute Gasteiger partial charge is 0.444 e. The summed E-state index contributed by atoms with van der Waals surface area (Å²) in [4.78, 5) is 0.110. The number of hydrogen-bond donors (Lipinski definition) is 1. The predicted octanol–water partition coefficient (Wildman–Crippen LogP) is 2.73. The van der Waals surface area contributed by atoms with E-state index in [1.807, 2.05) is 24.3 Å². The second-order valence-electron chi connectivity index (χ2n) is 5.07. The summed E-state index contributed by atoms with van der Waals surface area (Å²) in [7, 11) is -3.76. The lowest BCUT2D eigenvalue weighted by molar-refractivity contribution is 0.520. The van der Waals surface area contributed by atoms with Crippen molar-refractivity contribution in [1.29, 1.82) is 5.26 Å². The third-order valence-corrected chi connectivity index (χ3v) is 5.93. The Morgan fingerprint density at radius 3 is 2.52 bits per heavy atom. The van der Waals surface area contributed by atoms with Crippen LogP contribution >= 0.6 is 0 Å². The van der Waals surface area contributed by atoms with Crippen LogP contribution in [-0.4, -0.2) is 13.7 Å². The van der Waals surface area contributed by atoms with E-state index in [9.17, 15) is 13.7 Å². The Morgan fingerprint density at radius 2 is 1.90 bits per heavy atom. The number of benzene rings is 1. The molecular formula is C15H14N2O3S. The molecule has 0 radical (unpaired) electrons. The fourth-order valence-electron chi connectivity index (χ4n) is 2.63. The standard InChI is InChI=1S/C15H14N2O3S/c1-9-10(2)20-15-14(9)21(18,19)12(8-16)13(17-15)11-6-4-3-5-7-11/h3-7,12-13,17H,1-2H3/t12-,13+/m1/s1. The Morgan fingerprint density at radius 1 is 1.24 bits per heavy atom. The molecule has 1 aliphatic heterocycles. The van der Waals surface area contributed by atoms with Gasteiger partial charge in [-0.05, 0) is 19.4 Å². The summed E-state index contributed by atoms with van der Waals surface area (Å²) < 4.78 is 31.0. The fraction of sp³-hybridized carbons (Fsp3) is 0.267. The molecular weight excluding hydrogens is 288 g/mol. The highest BCUT2D eigenvalue weighted by molar-refractivity contribution is 7.92. The minimum absolute atomic E-state index is 0.110. The lowest BCUT2D eigenvalue weighted by Crippen LogP contribution is -2.36. The fourth-order valence-corrected chi connectivity index (χ4v) is 4.53. The maximum Gasteiger partial charge on any atom is 0.212 e. The molecule has 1 N–H and O–H groups in total. The number of aryl methyl sites for hydroxylation is 1. The molecule has 21 heavy (non-hydrogen) atoms. The van der Waals surface area contributed by atoms with Crippen LogP contribution in [0.2, 0.25) is 0 Å². The van der Waals surface area contributed by atoms with Gasteiger partial charge in [0.25, 0.3) is 0 Å². The molecule has 1 aromatic carbocycles. The van der Waals surface area contributed by atoms with E-state index in [-0.39, 0.29) is 10.8 Å². The van der Waals surface area contributed by atoms with Crippen molar-refractivity contribution in [3.05, 3.63) is 47.2 Å². The summed E-state index contributed by atoms with van der Waals surface area (Å²) in [6.07, 6.45) is 0. The van der Waals surface area contributed by atoms with Crippen LogP contribution in [0.1, 0.15) is 22.9 Å². The second-order valence-corrected chi connectivity index (χ2v) is 7.08. The molecule has 108 valence electrons. The molecule has 2 atom stereocenters. The van der Waals surface area contributed by atoms with Crippen molar-refractivity contribution in [3.63, 3.8) is 0 Å². The van der Waals surface area contributed by atoms with Crippen LogP contribution in [-0.2, 0) is 9.84 Å². The number of nitrogens with zero attached hydrogens (tertiary/aromatic N) is 1. The van der Waals surface area contributed by atoms with E-state index >= 15 is 0 Å². The first-order chi connectivity index (χ1) is 9.96. The van der Waals surface area contributed by atoms with Gasteiger partial charge >= 0.3 is 0 Å². The summed E-state index contributed by atoms with van der Waals surface area (Å²) in [6.45, 7) is 3.40. The third kappa shape index (κ3) is 1.93. The Hall–Kier alpha value is -2.26. The Bertz CT molecular complexity index is 832. The molecule has 5 nitrogen and oxygen atoms in total. The van der Waals surface area contributed by atoms with Crippen molar-refractivity contribution in [2.75, 3.05) is 5.32 Å². The molecule has 0 saturated heterocycles. The number of furan rings is 1. The molecule has 0 fully saturated rings. The van der Waals surface area contributed by atoms with E-state index in [4.69, 9.17) is 4.42 Å². The van der Waals surface area contributed by atoms with Gasteiger partial charge in [0.15, 0.2) is 5.25 Å². The van der Waals surface area contributed by atoms with Gasteiger partial charge in [-0.2, -0.15) is 5.26 Å². The van der Waals surface area contributed by atoms with Gasteiger partial charge in [-0.15, -0.1) is 0 Å². The first-order valence-corrected chi connectivity index (χ1v) is 8.06. The SMILES string of the molecule is Cc1oc2c(c1C)S(=O)(=O)[C@H](C#N)[C@H](c1ccccc1)N2. The van der Waals surface area contributed by atoms with Gasteiger partial charge in [0.2, 0.25) is 15.7 Å². The highest BCUT2D eigenvalue weighted by Crippen LogP contribution is 2.42. The number of hydrogen-bond acceptors (Lipinski definition) is 5. The van der Waals surface area contributed by atoms with Gasteiger partial charge in [-0.25, -0.2) is 8.42 Å². The second kappa shape index (κ2) is 4.64. The van der Waals surface area contributed by atoms with Crippen molar-refractivity contribution in [1.82, 2.24) is 0 Å².